The highest BCUT2D eigenvalue weighted by atomic mass is 28.3. The molecule has 6 nitrogen and oxygen atoms in total. The molecule has 0 spiro atoms. The minimum Gasteiger partial charge on any atom is -0.457 e. The summed E-state index contributed by atoms with van der Waals surface area (Å²) in [4.78, 5) is 33.0. The summed E-state index contributed by atoms with van der Waals surface area (Å²) in [7, 11) is -3.01. The van der Waals surface area contributed by atoms with Gasteiger partial charge in [-0.2, -0.15) is 0 Å². The van der Waals surface area contributed by atoms with Gasteiger partial charge in [0.1, 0.15) is 0 Å². The van der Waals surface area contributed by atoms with E-state index in [9.17, 15) is 14.4 Å². The second-order valence-electron chi connectivity index (χ2n) is 2.82. The van der Waals surface area contributed by atoms with Gasteiger partial charge in [0.2, 0.25) is 0 Å². The Hall–Kier alpha value is -1.37. The number of hydrogen-bond donors (Lipinski definition) is 0. The van der Waals surface area contributed by atoms with E-state index in [1.165, 1.54) is 0 Å². The Labute approximate surface area is 95.8 Å². The van der Waals surface area contributed by atoms with E-state index in [0.717, 1.165) is 0 Å². The first-order valence-electron chi connectivity index (χ1n) is 5.11. The standard InChI is InChI=1S/C9H16O6Si/c1-4-7(10)13-16(14-8(11)5-2)15-9(12)6-3/h16H,4-6H2,1-3H3. The van der Waals surface area contributed by atoms with Crippen molar-refractivity contribution < 1.29 is 27.7 Å². The van der Waals surface area contributed by atoms with Crippen LogP contribution >= 0.6 is 0 Å². The van der Waals surface area contributed by atoms with Crippen LogP contribution in [0.2, 0.25) is 0 Å². The van der Waals surface area contributed by atoms with Gasteiger partial charge in [0.25, 0.3) is 17.9 Å². The van der Waals surface area contributed by atoms with E-state index in [1.54, 1.807) is 20.8 Å². The summed E-state index contributed by atoms with van der Waals surface area (Å²) in [6, 6.07) is 0. The molecule has 0 aromatic carbocycles. The predicted molar refractivity (Wildman–Crippen MR) is 56.3 cm³/mol. The molecule has 16 heavy (non-hydrogen) atoms. The summed E-state index contributed by atoms with van der Waals surface area (Å²) >= 11 is 0. The Kier molecular flexibility index (Phi) is 7.18. The Balaban J connectivity index is 4.31. The Morgan fingerprint density at radius 1 is 0.750 bits per heavy atom. The van der Waals surface area contributed by atoms with Gasteiger partial charge in [0.15, 0.2) is 0 Å². The predicted octanol–water partition coefficient (Wildman–Crippen LogP) is 0.563. The van der Waals surface area contributed by atoms with E-state index < -0.39 is 27.4 Å². The molecule has 0 fully saturated rings. The van der Waals surface area contributed by atoms with Crippen molar-refractivity contribution in [1.29, 1.82) is 0 Å². The number of carbonyl (C=O) groups is 3. The molecule has 0 heterocycles. The molecule has 0 aliphatic rings. The number of carbonyl (C=O) groups excluding carboxylic acids is 3. The van der Waals surface area contributed by atoms with Gasteiger partial charge in [0.05, 0.1) is 0 Å². The van der Waals surface area contributed by atoms with Gasteiger partial charge in [-0.05, 0) is 0 Å². The van der Waals surface area contributed by atoms with Crippen molar-refractivity contribution in [3.8, 4) is 0 Å². The summed E-state index contributed by atoms with van der Waals surface area (Å²) in [6.07, 6.45) is 0.407. The van der Waals surface area contributed by atoms with Crippen molar-refractivity contribution >= 4 is 27.4 Å². The van der Waals surface area contributed by atoms with E-state index in [-0.39, 0.29) is 19.3 Å². The molecule has 0 unspecified atom stereocenters. The molecule has 0 rings (SSSR count). The van der Waals surface area contributed by atoms with Crippen molar-refractivity contribution in [1.82, 2.24) is 0 Å². The first kappa shape index (κ1) is 14.6. The lowest BCUT2D eigenvalue weighted by Crippen LogP contribution is -2.34. The number of hydrogen-bond acceptors (Lipinski definition) is 6. The maximum atomic E-state index is 11.0. The third-order valence-corrected chi connectivity index (χ3v) is 2.92. The Morgan fingerprint density at radius 2 is 1.00 bits per heavy atom. The molecule has 0 aliphatic heterocycles. The van der Waals surface area contributed by atoms with Crippen molar-refractivity contribution in [2.75, 3.05) is 0 Å². The van der Waals surface area contributed by atoms with Gasteiger partial charge < -0.3 is 13.3 Å². The van der Waals surface area contributed by atoms with Crippen molar-refractivity contribution in [3.63, 3.8) is 0 Å². The lowest BCUT2D eigenvalue weighted by atomic mass is 10.5. The molecule has 7 heteroatoms. The fourth-order valence-corrected chi connectivity index (χ4v) is 1.93. The van der Waals surface area contributed by atoms with Crippen molar-refractivity contribution in [2.45, 2.75) is 40.0 Å². The van der Waals surface area contributed by atoms with Gasteiger partial charge in [-0.25, -0.2) is 0 Å². The summed E-state index contributed by atoms with van der Waals surface area (Å²) in [5.74, 6) is -1.65. The molecular formula is C9H16O6Si. The second-order valence-corrected chi connectivity index (χ2v) is 4.10. The fraction of sp³-hybridized carbons (Fsp3) is 0.667. The first-order valence-corrected chi connectivity index (χ1v) is 6.53. The quantitative estimate of drug-likeness (QED) is 0.639. The molecule has 0 amide bonds. The smallest absolute Gasteiger partial charge is 0.457 e. The fourth-order valence-electron chi connectivity index (χ4n) is 0.644. The van der Waals surface area contributed by atoms with Crippen LogP contribution in [0.1, 0.15) is 40.0 Å². The van der Waals surface area contributed by atoms with Crippen LogP contribution < -0.4 is 0 Å². The van der Waals surface area contributed by atoms with Crippen molar-refractivity contribution in [2.24, 2.45) is 0 Å². The molecule has 92 valence electrons. The van der Waals surface area contributed by atoms with Gasteiger partial charge in [-0.15, -0.1) is 0 Å². The molecule has 0 atom stereocenters. The van der Waals surface area contributed by atoms with Crippen LogP contribution in [0, 0.1) is 0 Å². The van der Waals surface area contributed by atoms with Gasteiger partial charge >= 0.3 is 9.53 Å². The zero-order chi connectivity index (χ0) is 12.6. The topological polar surface area (TPSA) is 78.9 Å². The average molecular weight is 248 g/mol. The van der Waals surface area contributed by atoms with Crippen LogP contribution in [0.4, 0.5) is 0 Å². The summed E-state index contributed by atoms with van der Waals surface area (Å²) in [5.41, 5.74) is 0. The van der Waals surface area contributed by atoms with Crippen LogP contribution in [-0.4, -0.2) is 27.4 Å². The van der Waals surface area contributed by atoms with Crippen LogP contribution in [-0.2, 0) is 27.7 Å². The van der Waals surface area contributed by atoms with E-state index in [2.05, 4.69) is 0 Å². The molecule has 0 saturated heterocycles. The SMILES string of the molecule is CCC(=O)O[SiH](OC(=O)CC)OC(=O)CC. The third-order valence-electron chi connectivity index (χ3n) is 1.55. The molecule has 0 aliphatic carbocycles. The molecule has 0 aromatic rings. The second kappa shape index (κ2) is 7.86. The zero-order valence-electron chi connectivity index (χ0n) is 9.65. The van der Waals surface area contributed by atoms with Crippen molar-refractivity contribution in [3.05, 3.63) is 0 Å². The highest BCUT2D eigenvalue weighted by Gasteiger charge is 2.27. The molecule has 0 aromatic heterocycles. The third kappa shape index (κ3) is 6.17. The van der Waals surface area contributed by atoms with E-state index in [1.807, 2.05) is 0 Å². The molecule has 0 radical (unpaired) electrons. The average Bonchev–Trinajstić information content (AvgIpc) is 2.28. The van der Waals surface area contributed by atoms with Crippen LogP contribution in [0.5, 0.6) is 0 Å². The molecule has 0 N–H and O–H groups in total. The maximum Gasteiger partial charge on any atom is 0.689 e. The van der Waals surface area contributed by atoms with Gasteiger partial charge in [-0.3, -0.25) is 14.4 Å². The lowest BCUT2D eigenvalue weighted by molar-refractivity contribution is -0.147. The Morgan fingerprint density at radius 3 is 1.19 bits per heavy atom. The minimum absolute atomic E-state index is 0.136. The monoisotopic (exact) mass is 248 g/mol. The maximum absolute atomic E-state index is 11.0. The summed E-state index contributed by atoms with van der Waals surface area (Å²) < 4.78 is 14.3. The zero-order valence-corrected chi connectivity index (χ0v) is 10.8. The van der Waals surface area contributed by atoms with E-state index >= 15 is 0 Å². The van der Waals surface area contributed by atoms with Crippen LogP contribution in [0.15, 0.2) is 0 Å². The lowest BCUT2D eigenvalue weighted by Gasteiger charge is -2.14. The molecule has 0 bridgehead atoms. The largest absolute Gasteiger partial charge is 0.689 e. The summed E-state index contributed by atoms with van der Waals surface area (Å²) in [5, 5.41) is 0. The highest BCUT2D eigenvalue weighted by molar-refractivity contribution is 6.44. The Bertz CT molecular complexity index is 222. The van der Waals surface area contributed by atoms with E-state index in [4.69, 9.17) is 13.3 Å². The van der Waals surface area contributed by atoms with Gasteiger partial charge in [0, 0.05) is 19.3 Å². The molecule has 0 saturated carbocycles. The normalized spacial score (nSPS) is 9.75. The molecular weight excluding hydrogens is 232 g/mol. The minimum atomic E-state index is -3.01. The van der Waals surface area contributed by atoms with E-state index in [0.29, 0.717) is 0 Å². The van der Waals surface area contributed by atoms with Crippen LogP contribution in [0.3, 0.4) is 0 Å². The number of rotatable bonds is 6. The highest BCUT2D eigenvalue weighted by Crippen LogP contribution is 2.00. The van der Waals surface area contributed by atoms with Crippen LogP contribution in [0.25, 0.3) is 0 Å². The summed E-state index contributed by atoms with van der Waals surface area (Å²) in [6.45, 7) is 4.78. The first-order chi connectivity index (χ1) is 7.53. The van der Waals surface area contributed by atoms with Gasteiger partial charge in [-0.1, -0.05) is 20.8 Å².